The van der Waals surface area contributed by atoms with Crippen molar-refractivity contribution in [2.24, 2.45) is 5.73 Å². The Bertz CT molecular complexity index is 1230. The fourth-order valence-corrected chi connectivity index (χ4v) is 4.75. The van der Waals surface area contributed by atoms with Gasteiger partial charge in [0.15, 0.2) is 0 Å². The van der Waals surface area contributed by atoms with Crippen LogP contribution in [0.3, 0.4) is 0 Å². The Morgan fingerprint density at radius 1 is 0.971 bits per heavy atom. The van der Waals surface area contributed by atoms with Crippen LogP contribution in [0.1, 0.15) is 24.1 Å². The van der Waals surface area contributed by atoms with Crippen molar-refractivity contribution in [3.05, 3.63) is 90.0 Å². The summed E-state index contributed by atoms with van der Waals surface area (Å²) in [7, 11) is -4.11. The van der Waals surface area contributed by atoms with Crippen molar-refractivity contribution in [3.8, 4) is 5.75 Å². The maximum atomic E-state index is 13.5. The van der Waals surface area contributed by atoms with Crippen molar-refractivity contribution >= 4 is 27.5 Å². The molecule has 1 atom stereocenters. The third kappa shape index (κ3) is 5.93. The van der Waals surface area contributed by atoms with Crippen molar-refractivity contribution in [2.75, 3.05) is 17.5 Å². The molecule has 0 spiro atoms. The molecule has 0 aliphatic rings. The average molecular weight is 482 g/mol. The quantitative estimate of drug-likeness (QED) is 0.462. The van der Waals surface area contributed by atoms with Crippen LogP contribution in [-0.2, 0) is 19.6 Å². The largest absolute Gasteiger partial charge is 0.494 e. The van der Waals surface area contributed by atoms with Gasteiger partial charge >= 0.3 is 0 Å². The molecule has 3 aromatic carbocycles. The van der Waals surface area contributed by atoms with E-state index in [0.717, 1.165) is 9.87 Å². The van der Waals surface area contributed by atoms with Gasteiger partial charge in [0.1, 0.15) is 18.3 Å². The predicted molar refractivity (Wildman–Crippen MR) is 130 cm³/mol. The normalized spacial score (nSPS) is 11.9. The van der Waals surface area contributed by atoms with E-state index in [4.69, 9.17) is 10.5 Å². The lowest BCUT2D eigenvalue weighted by atomic mass is 10.1. The molecule has 0 aliphatic carbocycles. The number of rotatable bonds is 10. The first kappa shape index (κ1) is 24.8. The van der Waals surface area contributed by atoms with E-state index in [1.54, 1.807) is 66.7 Å². The highest BCUT2D eigenvalue weighted by Gasteiger charge is 2.29. The monoisotopic (exact) mass is 481 g/mol. The number of anilines is 1. The van der Waals surface area contributed by atoms with E-state index in [1.165, 1.54) is 12.1 Å². The fraction of sp³-hybridized carbons (Fsp3) is 0.200. The number of primary amides is 1. The number of ether oxygens (including phenoxy) is 1. The zero-order chi connectivity index (χ0) is 24.7. The number of hydrogen-bond acceptors (Lipinski definition) is 5. The number of hydrogen-bond donors (Lipinski definition) is 2. The first-order chi connectivity index (χ1) is 16.2. The molecule has 3 N–H and O–H groups in total. The SMILES string of the molecule is CCOc1ccc(S(=O)(=O)N(CC(=O)NC(C(N)=O)c2ccccc2)c2ccc(C)cc2)cc1. The molecule has 0 bridgehead atoms. The Kier molecular flexibility index (Phi) is 7.91. The van der Waals surface area contributed by atoms with Gasteiger partial charge < -0.3 is 15.8 Å². The lowest BCUT2D eigenvalue weighted by Gasteiger charge is -2.25. The molecule has 3 rings (SSSR count). The van der Waals surface area contributed by atoms with E-state index in [2.05, 4.69) is 5.32 Å². The number of nitrogens with two attached hydrogens (primary N) is 1. The van der Waals surface area contributed by atoms with Crippen LogP contribution in [-0.4, -0.2) is 33.4 Å². The highest BCUT2D eigenvalue weighted by atomic mass is 32.2. The van der Waals surface area contributed by atoms with Crippen LogP contribution in [0.5, 0.6) is 5.75 Å². The van der Waals surface area contributed by atoms with Gasteiger partial charge in [-0.05, 0) is 55.8 Å². The van der Waals surface area contributed by atoms with E-state index in [-0.39, 0.29) is 4.90 Å². The van der Waals surface area contributed by atoms with Gasteiger partial charge in [0.2, 0.25) is 11.8 Å². The zero-order valence-electron chi connectivity index (χ0n) is 19.0. The number of sulfonamides is 1. The van der Waals surface area contributed by atoms with Gasteiger partial charge in [0, 0.05) is 0 Å². The van der Waals surface area contributed by atoms with Crippen molar-refractivity contribution in [3.63, 3.8) is 0 Å². The van der Waals surface area contributed by atoms with Gasteiger partial charge in [-0.15, -0.1) is 0 Å². The maximum absolute atomic E-state index is 13.5. The van der Waals surface area contributed by atoms with Crippen molar-refractivity contribution < 1.29 is 22.7 Å². The lowest BCUT2D eigenvalue weighted by molar-refractivity contribution is -0.126. The van der Waals surface area contributed by atoms with Crippen LogP contribution in [0.4, 0.5) is 5.69 Å². The third-order valence-corrected chi connectivity index (χ3v) is 6.84. The van der Waals surface area contributed by atoms with Crippen molar-refractivity contribution in [1.82, 2.24) is 5.32 Å². The van der Waals surface area contributed by atoms with Gasteiger partial charge in [0.25, 0.3) is 10.0 Å². The Morgan fingerprint density at radius 3 is 2.15 bits per heavy atom. The van der Waals surface area contributed by atoms with E-state index < -0.39 is 34.4 Å². The Balaban J connectivity index is 1.92. The summed E-state index contributed by atoms with van der Waals surface area (Å²) >= 11 is 0. The van der Waals surface area contributed by atoms with Crippen LogP contribution in [0.15, 0.2) is 83.8 Å². The van der Waals surface area contributed by atoms with Gasteiger partial charge in [0.05, 0.1) is 17.2 Å². The second-order valence-corrected chi connectivity index (χ2v) is 9.43. The summed E-state index contributed by atoms with van der Waals surface area (Å²) in [6, 6.07) is 20.1. The van der Waals surface area contributed by atoms with Crippen LogP contribution < -0.4 is 20.1 Å². The molecule has 0 radical (unpaired) electrons. The zero-order valence-corrected chi connectivity index (χ0v) is 19.8. The summed E-state index contributed by atoms with van der Waals surface area (Å²) < 4.78 is 33.4. The molecular weight excluding hydrogens is 454 g/mol. The summed E-state index contributed by atoms with van der Waals surface area (Å²) in [5, 5.41) is 2.55. The Hall–Kier alpha value is -3.85. The number of amides is 2. The highest BCUT2D eigenvalue weighted by molar-refractivity contribution is 7.92. The molecule has 34 heavy (non-hydrogen) atoms. The molecule has 0 aromatic heterocycles. The Labute approximate surface area is 199 Å². The van der Waals surface area contributed by atoms with Gasteiger partial charge in [-0.2, -0.15) is 0 Å². The minimum Gasteiger partial charge on any atom is -0.494 e. The molecule has 0 aliphatic heterocycles. The molecule has 0 fully saturated rings. The summed E-state index contributed by atoms with van der Waals surface area (Å²) in [6.07, 6.45) is 0. The maximum Gasteiger partial charge on any atom is 0.264 e. The molecular formula is C25H27N3O5S. The number of benzene rings is 3. The van der Waals surface area contributed by atoms with E-state index in [9.17, 15) is 18.0 Å². The van der Waals surface area contributed by atoms with Gasteiger partial charge in [-0.25, -0.2) is 8.42 Å². The molecule has 1 unspecified atom stereocenters. The number of aryl methyl sites for hydroxylation is 1. The number of carbonyl (C=O) groups excluding carboxylic acids is 2. The topological polar surface area (TPSA) is 119 Å². The smallest absolute Gasteiger partial charge is 0.264 e. The molecule has 8 nitrogen and oxygen atoms in total. The minimum atomic E-state index is -4.11. The molecule has 9 heteroatoms. The van der Waals surface area contributed by atoms with Crippen LogP contribution >= 0.6 is 0 Å². The number of carbonyl (C=O) groups is 2. The molecule has 0 saturated carbocycles. The fourth-order valence-electron chi connectivity index (χ4n) is 3.33. The first-order valence-corrected chi connectivity index (χ1v) is 12.1. The van der Waals surface area contributed by atoms with Gasteiger partial charge in [-0.1, -0.05) is 48.0 Å². The molecule has 3 aromatic rings. The molecule has 178 valence electrons. The Morgan fingerprint density at radius 2 is 1.59 bits per heavy atom. The molecule has 2 amide bonds. The second-order valence-electron chi connectivity index (χ2n) is 7.57. The molecule has 0 heterocycles. The summed E-state index contributed by atoms with van der Waals surface area (Å²) in [5.41, 5.74) is 7.24. The number of nitrogens with one attached hydrogen (secondary N) is 1. The summed E-state index contributed by atoms with van der Waals surface area (Å²) in [5.74, 6) is -0.896. The summed E-state index contributed by atoms with van der Waals surface area (Å²) in [4.78, 5) is 24.9. The van der Waals surface area contributed by atoms with Crippen LogP contribution in [0.2, 0.25) is 0 Å². The minimum absolute atomic E-state index is 0.00108. The van der Waals surface area contributed by atoms with Crippen molar-refractivity contribution in [1.29, 1.82) is 0 Å². The highest BCUT2D eigenvalue weighted by Crippen LogP contribution is 2.26. The lowest BCUT2D eigenvalue weighted by Crippen LogP contribution is -2.44. The van der Waals surface area contributed by atoms with Crippen LogP contribution in [0, 0.1) is 6.92 Å². The van der Waals surface area contributed by atoms with E-state index in [1.807, 2.05) is 13.8 Å². The first-order valence-electron chi connectivity index (χ1n) is 10.7. The van der Waals surface area contributed by atoms with Crippen molar-refractivity contribution in [2.45, 2.75) is 24.8 Å². The third-order valence-electron chi connectivity index (χ3n) is 5.05. The summed E-state index contributed by atoms with van der Waals surface area (Å²) in [6.45, 7) is 3.61. The van der Waals surface area contributed by atoms with Crippen LogP contribution in [0.25, 0.3) is 0 Å². The second kappa shape index (κ2) is 10.8. The average Bonchev–Trinajstić information content (AvgIpc) is 2.82. The predicted octanol–water partition coefficient (Wildman–Crippen LogP) is 2.93. The number of nitrogens with zero attached hydrogens (tertiary/aromatic N) is 1. The van der Waals surface area contributed by atoms with E-state index >= 15 is 0 Å². The standard InChI is InChI=1S/C25H27N3O5S/c1-3-33-21-13-15-22(16-14-21)34(31,32)28(20-11-9-18(2)10-12-20)17-23(29)27-24(25(26)30)19-7-5-4-6-8-19/h4-16,24H,3,17H2,1-2H3,(H2,26,30)(H,27,29). The van der Waals surface area contributed by atoms with Gasteiger partial charge in [-0.3, -0.25) is 13.9 Å². The van der Waals surface area contributed by atoms with E-state index in [0.29, 0.717) is 23.6 Å². The molecule has 0 saturated heterocycles.